The first-order chi connectivity index (χ1) is 9.79. The maximum Gasteiger partial charge on any atom is 0.202 e. The van der Waals surface area contributed by atoms with Gasteiger partial charge in [0.2, 0.25) is 5.13 Å². The number of nitrogens with one attached hydrogen (secondary N) is 1. The standard InChI is InChI=1S/C15H18ClN3S/c16-12-8-6-11(7-9-12)10-14-18-15(20-19-14)17-13-4-2-1-3-5-13/h6-9,13H,1-5,10H2,(H,17,18,19). The van der Waals surface area contributed by atoms with Crippen molar-refractivity contribution in [2.75, 3.05) is 5.32 Å². The minimum absolute atomic E-state index is 0.583. The second-order valence-corrected chi connectivity index (χ2v) is 6.49. The third-order valence-electron chi connectivity index (χ3n) is 3.68. The van der Waals surface area contributed by atoms with E-state index in [9.17, 15) is 0 Å². The average Bonchev–Trinajstić information content (AvgIpc) is 2.90. The maximum absolute atomic E-state index is 5.89. The molecule has 1 aliphatic carbocycles. The Morgan fingerprint density at radius 3 is 2.65 bits per heavy atom. The zero-order chi connectivity index (χ0) is 13.8. The van der Waals surface area contributed by atoms with Gasteiger partial charge in [-0.2, -0.15) is 4.37 Å². The molecule has 1 heterocycles. The van der Waals surface area contributed by atoms with Crippen molar-refractivity contribution < 1.29 is 0 Å². The van der Waals surface area contributed by atoms with Crippen LogP contribution >= 0.6 is 23.1 Å². The molecule has 0 aliphatic heterocycles. The number of aromatic nitrogens is 2. The van der Waals surface area contributed by atoms with E-state index in [1.54, 1.807) is 0 Å². The summed E-state index contributed by atoms with van der Waals surface area (Å²) in [6.07, 6.45) is 7.30. The molecule has 1 saturated carbocycles. The third kappa shape index (κ3) is 3.70. The summed E-state index contributed by atoms with van der Waals surface area (Å²) in [4.78, 5) is 4.59. The Bertz CT molecular complexity index is 547. The van der Waals surface area contributed by atoms with Gasteiger partial charge in [0, 0.05) is 29.0 Å². The van der Waals surface area contributed by atoms with Gasteiger partial charge in [0.15, 0.2) is 0 Å². The van der Waals surface area contributed by atoms with Crippen LogP contribution < -0.4 is 5.32 Å². The highest BCUT2D eigenvalue weighted by molar-refractivity contribution is 7.09. The van der Waals surface area contributed by atoms with Crippen molar-refractivity contribution in [2.45, 2.75) is 44.6 Å². The minimum Gasteiger partial charge on any atom is -0.358 e. The highest BCUT2D eigenvalue weighted by Crippen LogP contribution is 2.23. The van der Waals surface area contributed by atoms with Crippen LogP contribution in [0.1, 0.15) is 43.5 Å². The highest BCUT2D eigenvalue weighted by Gasteiger charge is 2.15. The minimum atomic E-state index is 0.583. The lowest BCUT2D eigenvalue weighted by molar-refractivity contribution is 0.462. The molecule has 1 aromatic heterocycles. The van der Waals surface area contributed by atoms with Gasteiger partial charge in [-0.3, -0.25) is 0 Å². The van der Waals surface area contributed by atoms with Crippen molar-refractivity contribution in [3.8, 4) is 0 Å². The van der Waals surface area contributed by atoms with Crippen LogP contribution in [0.4, 0.5) is 5.13 Å². The second-order valence-electron chi connectivity index (χ2n) is 5.30. The molecule has 5 heteroatoms. The normalized spacial score (nSPS) is 16.2. The lowest BCUT2D eigenvalue weighted by atomic mass is 9.96. The fourth-order valence-corrected chi connectivity index (χ4v) is 3.38. The molecule has 0 unspecified atom stereocenters. The lowest BCUT2D eigenvalue weighted by Gasteiger charge is -2.21. The molecule has 106 valence electrons. The van der Waals surface area contributed by atoms with Crippen LogP contribution in [-0.2, 0) is 6.42 Å². The smallest absolute Gasteiger partial charge is 0.202 e. The molecule has 1 aromatic carbocycles. The number of benzene rings is 1. The van der Waals surface area contributed by atoms with Crippen molar-refractivity contribution in [1.29, 1.82) is 0 Å². The molecule has 1 N–H and O–H groups in total. The number of hydrogen-bond donors (Lipinski definition) is 1. The Balaban J connectivity index is 1.60. The molecular weight excluding hydrogens is 290 g/mol. The molecule has 0 bridgehead atoms. The van der Waals surface area contributed by atoms with Crippen LogP contribution in [0, 0.1) is 0 Å². The van der Waals surface area contributed by atoms with E-state index in [0.717, 1.165) is 22.4 Å². The average molecular weight is 308 g/mol. The Labute approximate surface area is 128 Å². The molecule has 20 heavy (non-hydrogen) atoms. The van der Waals surface area contributed by atoms with Gasteiger partial charge in [-0.05, 0) is 30.5 Å². The summed E-state index contributed by atoms with van der Waals surface area (Å²) in [5.74, 6) is 0.885. The number of halogens is 1. The molecule has 0 atom stereocenters. The molecule has 3 rings (SSSR count). The molecule has 1 fully saturated rings. The zero-order valence-electron chi connectivity index (χ0n) is 11.3. The van der Waals surface area contributed by atoms with Gasteiger partial charge >= 0.3 is 0 Å². The molecule has 0 amide bonds. The van der Waals surface area contributed by atoms with E-state index < -0.39 is 0 Å². The third-order valence-corrected chi connectivity index (χ3v) is 4.61. The maximum atomic E-state index is 5.89. The lowest BCUT2D eigenvalue weighted by Crippen LogP contribution is -2.22. The number of hydrogen-bond acceptors (Lipinski definition) is 4. The van der Waals surface area contributed by atoms with Gasteiger partial charge in [-0.25, -0.2) is 4.98 Å². The van der Waals surface area contributed by atoms with Gasteiger partial charge in [0.25, 0.3) is 0 Å². The first-order valence-electron chi connectivity index (χ1n) is 7.13. The zero-order valence-corrected chi connectivity index (χ0v) is 12.9. The molecule has 0 saturated heterocycles. The Kier molecular flexibility index (Phi) is 4.53. The number of nitrogens with zero attached hydrogens (tertiary/aromatic N) is 2. The summed E-state index contributed by atoms with van der Waals surface area (Å²) in [6, 6.07) is 8.45. The van der Waals surface area contributed by atoms with Crippen molar-refractivity contribution in [3.05, 3.63) is 40.7 Å². The van der Waals surface area contributed by atoms with Crippen LogP contribution in [0.5, 0.6) is 0 Å². The topological polar surface area (TPSA) is 37.8 Å². The first kappa shape index (κ1) is 13.8. The van der Waals surface area contributed by atoms with E-state index in [0.29, 0.717) is 6.04 Å². The van der Waals surface area contributed by atoms with Crippen molar-refractivity contribution in [1.82, 2.24) is 9.36 Å². The van der Waals surface area contributed by atoms with Crippen LogP contribution in [0.15, 0.2) is 24.3 Å². The van der Waals surface area contributed by atoms with Gasteiger partial charge in [0.1, 0.15) is 5.82 Å². The van der Waals surface area contributed by atoms with E-state index in [1.165, 1.54) is 49.2 Å². The molecule has 0 spiro atoms. The number of rotatable bonds is 4. The fourth-order valence-electron chi connectivity index (χ4n) is 2.59. The highest BCUT2D eigenvalue weighted by atomic mass is 35.5. The molecule has 3 nitrogen and oxygen atoms in total. The number of anilines is 1. The Morgan fingerprint density at radius 1 is 1.15 bits per heavy atom. The van der Waals surface area contributed by atoms with Gasteiger partial charge < -0.3 is 5.32 Å². The van der Waals surface area contributed by atoms with Gasteiger partial charge in [0.05, 0.1) is 0 Å². The predicted molar refractivity (Wildman–Crippen MR) is 84.7 cm³/mol. The predicted octanol–water partition coefficient (Wildman–Crippen LogP) is 4.53. The fraction of sp³-hybridized carbons (Fsp3) is 0.467. The van der Waals surface area contributed by atoms with Crippen LogP contribution in [0.2, 0.25) is 5.02 Å². The Hall–Kier alpha value is -1.13. The summed E-state index contributed by atoms with van der Waals surface area (Å²) < 4.78 is 4.43. The summed E-state index contributed by atoms with van der Waals surface area (Å²) in [7, 11) is 0. The van der Waals surface area contributed by atoms with E-state index >= 15 is 0 Å². The Morgan fingerprint density at radius 2 is 1.90 bits per heavy atom. The molecule has 0 radical (unpaired) electrons. The summed E-state index contributed by atoms with van der Waals surface area (Å²) in [5.41, 5.74) is 1.19. The summed E-state index contributed by atoms with van der Waals surface area (Å²) in [6.45, 7) is 0. The van der Waals surface area contributed by atoms with Crippen molar-refractivity contribution in [3.63, 3.8) is 0 Å². The van der Waals surface area contributed by atoms with E-state index in [4.69, 9.17) is 11.6 Å². The van der Waals surface area contributed by atoms with E-state index in [1.807, 2.05) is 24.3 Å². The van der Waals surface area contributed by atoms with E-state index in [2.05, 4.69) is 14.7 Å². The van der Waals surface area contributed by atoms with Gasteiger partial charge in [-0.15, -0.1) is 0 Å². The monoisotopic (exact) mass is 307 g/mol. The molecule has 1 aliphatic rings. The van der Waals surface area contributed by atoms with Crippen LogP contribution in [-0.4, -0.2) is 15.4 Å². The quantitative estimate of drug-likeness (QED) is 0.902. The molecule has 2 aromatic rings. The largest absolute Gasteiger partial charge is 0.358 e. The summed E-state index contributed by atoms with van der Waals surface area (Å²) >= 11 is 7.36. The van der Waals surface area contributed by atoms with E-state index in [-0.39, 0.29) is 0 Å². The summed E-state index contributed by atoms with van der Waals surface area (Å²) in [5, 5.41) is 5.24. The van der Waals surface area contributed by atoms with Crippen LogP contribution in [0.25, 0.3) is 0 Å². The second kappa shape index (κ2) is 6.55. The molecular formula is C15H18ClN3S. The van der Waals surface area contributed by atoms with Crippen molar-refractivity contribution in [2.24, 2.45) is 0 Å². The SMILES string of the molecule is Clc1ccc(Cc2nsc(NC3CCCCC3)n2)cc1. The van der Waals surface area contributed by atoms with Crippen molar-refractivity contribution >= 4 is 28.3 Å². The first-order valence-corrected chi connectivity index (χ1v) is 8.28. The van der Waals surface area contributed by atoms with Crippen LogP contribution in [0.3, 0.4) is 0 Å². The van der Waals surface area contributed by atoms with Gasteiger partial charge in [-0.1, -0.05) is 43.0 Å².